The van der Waals surface area contributed by atoms with Crippen LogP contribution < -0.4 is 0 Å². The first-order valence-corrected chi connectivity index (χ1v) is 9.35. The van der Waals surface area contributed by atoms with Crippen molar-refractivity contribution >= 4 is 0 Å². The Morgan fingerprint density at radius 3 is 1.43 bits per heavy atom. The summed E-state index contributed by atoms with van der Waals surface area (Å²) in [5.41, 5.74) is 0. The molecule has 0 spiro atoms. The van der Waals surface area contributed by atoms with Crippen LogP contribution in [-0.4, -0.2) is 0 Å². The van der Waals surface area contributed by atoms with Crippen LogP contribution >= 0.6 is 0 Å². The van der Waals surface area contributed by atoms with Crippen molar-refractivity contribution in [1.29, 1.82) is 0 Å². The van der Waals surface area contributed by atoms with Crippen LogP contribution in [0.1, 0.15) is 103 Å². The first kappa shape index (κ1) is 20.3. The molecule has 0 atom stereocenters. The Morgan fingerprint density at radius 1 is 0.571 bits per heavy atom. The van der Waals surface area contributed by atoms with Gasteiger partial charge in [0.2, 0.25) is 0 Å². The van der Waals surface area contributed by atoms with Crippen LogP contribution in [0, 0.1) is 0 Å². The lowest BCUT2D eigenvalue weighted by Crippen LogP contribution is -1.83. The van der Waals surface area contributed by atoms with Crippen LogP contribution in [0.2, 0.25) is 0 Å². The van der Waals surface area contributed by atoms with E-state index in [1.807, 2.05) is 6.08 Å². The first-order valence-electron chi connectivity index (χ1n) is 9.35. The van der Waals surface area contributed by atoms with Gasteiger partial charge >= 0.3 is 0 Å². The predicted molar refractivity (Wildman–Crippen MR) is 93.9 cm³/mol. The normalized spacial score (nSPS) is 11.9. The summed E-state index contributed by atoms with van der Waals surface area (Å²) >= 11 is 0. The van der Waals surface area contributed by atoms with Crippen molar-refractivity contribution < 1.29 is 5.11 Å². The molecule has 1 heteroatoms. The van der Waals surface area contributed by atoms with Gasteiger partial charge in [-0.3, -0.25) is 5.11 Å². The fraction of sp³-hybridized carbons (Fsp3) is 0.800. The summed E-state index contributed by atoms with van der Waals surface area (Å²) in [7, 11) is 0. The van der Waals surface area contributed by atoms with Gasteiger partial charge < -0.3 is 0 Å². The van der Waals surface area contributed by atoms with Crippen LogP contribution in [-0.2, 0) is 5.11 Å². The molecule has 123 valence electrons. The van der Waals surface area contributed by atoms with Gasteiger partial charge in [0.05, 0.1) is 0 Å². The Hall–Kier alpha value is -0.720. The Morgan fingerprint density at radius 2 is 1.00 bits per heavy atom. The molecule has 21 heavy (non-hydrogen) atoms. The van der Waals surface area contributed by atoms with Crippen molar-refractivity contribution in [2.45, 2.75) is 103 Å². The second kappa shape index (κ2) is 19.3. The van der Waals surface area contributed by atoms with Crippen molar-refractivity contribution in [3.63, 3.8) is 0 Å². The second-order valence-corrected chi connectivity index (χ2v) is 6.14. The minimum Gasteiger partial charge on any atom is -0.299 e. The molecule has 0 fully saturated rings. The lowest BCUT2D eigenvalue weighted by Gasteiger charge is -2.02. The highest BCUT2D eigenvalue weighted by atomic mass is 16.2. The third kappa shape index (κ3) is 19.3. The average Bonchev–Trinajstić information content (AvgIpc) is 2.50. The van der Waals surface area contributed by atoms with Crippen LogP contribution in [0.25, 0.3) is 0 Å². The Labute approximate surface area is 133 Å². The van der Waals surface area contributed by atoms with Gasteiger partial charge in [0.1, 0.15) is 6.26 Å². The highest BCUT2D eigenvalue weighted by Gasteiger charge is 1.93. The molecule has 0 aliphatic heterocycles. The Balaban J connectivity index is 2.99. The van der Waals surface area contributed by atoms with E-state index < -0.39 is 0 Å². The number of allylic oxidation sites excluding steroid dienone is 3. The highest BCUT2D eigenvalue weighted by molar-refractivity contribution is 4.98. The molecule has 0 aromatic heterocycles. The minimum atomic E-state index is 0.835. The van der Waals surface area contributed by atoms with Gasteiger partial charge in [-0.05, 0) is 18.9 Å². The molecular formula is C20H37O. The van der Waals surface area contributed by atoms with E-state index in [1.165, 1.54) is 89.9 Å². The summed E-state index contributed by atoms with van der Waals surface area (Å²) in [6, 6.07) is 0. The molecule has 0 aliphatic carbocycles. The topological polar surface area (TPSA) is 19.9 Å². The maximum atomic E-state index is 10.1. The molecule has 0 rings (SSSR count). The monoisotopic (exact) mass is 293 g/mol. The van der Waals surface area contributed by atoms with Crippen molar-refractivity contribution in [3.8, 4) is 0 Å². The fourth-order valence-electron chi connectivity index (χ4n) is 2.68. The molecule has 0 amide bonds. The zero-order chi connectivity index (χ0) is 15.4. The minimum absolute atomic E-state index is 0.835. The SMILES string of the molecule is CCCCCCCCCCCCCCCCC=CC=C[O]. The lowest BCUT2D eigenvalue weighted by molar-refractivity contribution is 0.352. The van der Waals surface area contributed by atoms with Gasteiger partial charge in [-0.1, -0.05) is 103 Å². The number of rotatable bonds is 16. The van der Waals surface area contributed by atoms with E-state index in [1.54, 1.807) is 6.08 Å². The molecular weight excluding hydrogens is 256 g/mol. The zero-order valence-corrected chi connectivity index (χ0v) is 14.3. The summed E-state index contributed by atoms with van der Waals surface area (Å²) in [5, 5.41) is 10.1. The van der Waals surface area contributed by atoms with E-state index >= 15 is 0 Å². The van der Waals surface area contributed by atoms with Gasteiger partial charge in [-0.15, -0.1) is 0 Å². The molecule has 0 N–H and O–H groups in total. The quantitative estimate of drug-likeness (QED) is 0.161. The molecule has 0 unspecified atom stereocenters. The molecule has 0 aliphatic rings. The third-order valence-corrected chi connectivity index (χ3v) is 4.05. The number of hydrogen-bond acceptors (Lipinski definition) is 0. The standard InChI is InChI=1S/C20H37O/c1-2-3-4-5-6-7-8-9-10-11-12-13-14-15-16-17-18-19-20-21/h17-20H,2-16H2,1H3. The Bertz CT molecular complexity index is 230. The van der Waals surface area contributed by atoms with Gasteiger partial charge in [0.15, 0.2) is 0 Å². The van der Waals surface area contributed by atoms with Crippen LogP contribution in [0.4, 0.5) is 0 Å². The van der Waals surface area contributed by atoms with E-state index in [4.69, 9.17) is 0 Å². The summed E-state index contributed by atoms with van der Waals surface area (Å²) in [6.07, 6.45) is 27.2. The van der Waals surface area contributed by atoms with Gasteiger partial charge in [0.25, 0.3) is 0 Å². The van der Waals surface area contributed by atoms with Crippen molar-refractivity contribution in [3.05, 3.63) is 24.5 Å². The molecule has 0 saturated carbocycles. The maximum absolute atomic E-state index is 10.1. The van der Waals surface area contributed by atoms with Gasteiger partial charge in [-0.2, -0.15) is 0 Å². The molecule has 0 bridgehead atoms. The van der Waals surface area contributed by atoms with Crippen molar-refractivity contribution in [2.24, 2.45) is 0 Å². The van der Waals surface area contributed by atoms with E-state index in [9.17, 15) is 5.11 Å². The number of hydrogen-bond donors (Lipinski definition) is 0. The maximum Gasteiger partial charge on any atom is 0.142 e. The van der Waals surface area contributed by atoms with Crippen LogP contribution in [0.5, 0.6) is 0 Å². The molecule has 1 nitrogen and oxygen atoms in total. The lowest BCUT2D eigenvalue weighted by atomic mass is 10.0. The smallest absolute Gasteiger partial charge is 0.142 e. The summed E-state index contributed by atoms with van der Waals surface area (Å²) in [6.45, 7) is 2.28. The molecule has 0 saturated heterocycles. The first-order chi connectivity index (χ1) is 10.4. The highest BCUT2D eigenvalue weighted by Crippen LogP contribution is 2.13. The average molecular weight is 294 g/mol. The van der Waals surface area contributed by atoms with E-state index in [2.05, 4.69) is 13.0 Å². The third-order valence-electron chi connectivity index (χ3n) is 4.05. The summed E-state index contributed by atoms with van der Waals surface area (Å²) < 4.78 is 0. The molecule has 0 heterocycles. The van der Waals surface area contributed by atoms with Crippen LogP contribution in [0.3, 0.4) is 0 Å². The van der Waals surface area contributed by atoms with Crippen molar-refractivity contribution in [2.75, 3.05) is 0 Å². The van der Waals surface area contributed by atoms with Crippen molar-refractivity contribution in [1.82, 2.24) is 0 Å². The Kier molecular flexibility index (Phi) is 18.6. The van der Waals surface area contributed by atoms with E-state index in [0.717, 1.165) is 12.7 Å². The van der Waals surface area contributed by atoms with E-state index in [-0.39, 0.29) is 0 Å². The van der Waals surface area contributed by atoms with Gasteiger partial charge in [-0.25, -0.2) is 0 Å². The molecule has 0 aromatic rings. The number of unbranched alkanes of at least 4 members (excludes halogenated alkanes) is 14. The van der Waals surface area contributed by atoms with Crippen LogP contribution in [0.15, 0.2) is 24.5 Å². The zero-order valence-electron chi connectivity index (χ0n) is 14.3. The summed E-state index contributed by atoms with van der Waals surface area (Å²) in [5.74, 6) is 0. The second-order valence-electron chi connectivity index (χ2n) is 6.14. The summed E-state index contributed by atoms with van der Waals surface area (Å²) in [4.78, 5) is 0. The predicted octanol–water partition coefficient (Wildman–Crippen LogP) is 7.36. The van der Waals surface area contributed by atoms with Gasteiger partial charge in [0, 0.05) is 0 Å². The molecule has 0 aromatic carbocycles. The fourth-order valence-corrected chi connectivity index (χ4v) is 2.68. The van der Waals surface area contributed by atoms with E-state index in [0.29, 0.717) is 0 Å². The molecule has 1 radical (unpaired) electrons. The largest absolute Gasteiger partial charge is 0.299 e.